The molecule has 1 aromatic heterocycles. The molecule has 150 valence electrons. The van der Waals surface area contributed by atoms with Gasteiger partial charge in [0.25, 0.3) is 0 Å². The topological polar surface area (TPSA) is 45.2 Å². The zero-order chi connectivity index (χ0) is 17.6. The minimum Gasteiger partial charge on any atom is -0.339 e. The molecule has 4 nitrogen and oxygen atoms in total. The van der Waals surface area contributed by atoms with E-state index in [1.54, 1.807) is 11.3 Å². The minimum atomic E-state index is 0. The molecule has 1 aromatic carbocycles. The number of hydrogen-bond donors (Lipinski definition) is 1. The van der Waals surface area contributed by atoms with Crippen LogP contribution in [-0.2, 0) is 11.2 Å². The van der Waals surface area contributed by atoms with E-state index in [0.29, 0.717) is 17.5 Å². The number of carbonyl (C=O) groups excluding carboxylic acids is 1. The molecule has 1 saturated heterocycles. The summed E-state index contributed by atoms with van der Waals surface area (Å²) in [5.74, 6) is 0.185. The van der Waals surface area contributed by atoms with E-state index in [1.165, 1.54) is 0 Å². The van der Waals surface area contributed by atoms with Crippen LogP contribution in [0.1, 0.15) is 31.9 Å². The Hall–Kier alpha value is -0.850. The first-order chi connectivity index (χ1) is 12.2. The van der Waals surface area contributed by atoms with E-state index in [4.69, 9.17) is 11.6 Å². The molecule has 0 aliphatic carbocycles. The lowest BCUT2D eigenvalue weighted by Gasteiger charge is -2.34. The van der Waals surface area contributed by atoms with E-state index in [-0.39, 0.29) is 30.7 Å². The minimum absolute atomic E-state index is 0. The van der Waals surface area contributed by atoms with Gasteiger partial charge < -0.3 is 10.2 Å². The summed E-state index contributed by atoms with van der Waals surface area (Å²) in [5, 5.41) is 6.91. The Kier molecular flexibility index (Phi) is 10.6. The number of halogens is 3. The second kappa shape index (κ2) is 11.9. The number of nitrogens with zero attached hydrogens (tertiary/aromatic N) is 2. The summed E-state index contributed by atoms with van der Waals surface area (Å²) in [6, 6.07) is 8.04. The fourth-order valence-electron chi connectivity index (χ4n) is 3.27. The number of aromatic nitrogens is 1. The number of rotatable bonds is 6. The number of thiazole rings is 1. The summed E-state index contributed by atoms with van der Waals surface area (Å²) in [6.45, 7) is 4.93. The Balaban J connectivity index is 0.00000182. The van der Waals surface area contributed by atoms with Crippen LogP contribution < -0.4 is 5.32 Å². The maximum Gasteiger partial charge on any atom is 0.228 e. The Morgan fingerprint density at radius 1 is 1.30 bits per heavy atom. The quantitative estimate of drug-likeness (QED) is 0.685. The van der Waals surface area contributed by atoms with E-state index in [0.717, 1.165) is 55.2 Å². The van der Waals surface area contributed by atoms with Crippen LogP contribution in [0.2, 0.25) is 5.02 Å². The summed E-state index contributed by atoms with van der Waals surface area (Å²) in [7, 11) is 0. The van der Waals surface area contributed by atoms with Crippen molar-refractivity contribution in [2.24, 2.45) is 0 Å². The van der Waals surface area contributed by atoms with Crippen LogP contribution in [-0.4, -0.2) is 41.5 Å². The fourth-order valence-corrected chi connectivity index (χ4v) is 4.41. The monoisotopic (exact) mass is 449 g/mol. The van der Waals surface area contributed by atoms with Crippen LogP contribution in [0.25, 0.3) is 10.6 Å². The van der Waals surface area contributed by atoms with Gasteiger partial charge >= 0.3 is 0 Å². The first kappa shape index (κ1) is 24.2. The van der Waals surface area contributed by atoms with Crippen LogP contribution >= 0.6 is 47.8 Å². The summed E-state index contributed by atoms with van der Waals surface area (Å²) in [4.78, 5) is 19.6. The summed E-state index contributed by atoms with van der Waals surface area (Å²) in [5.41, 5.74) is 1.76. The SMILES string of the molecule is CCCN(C(=O)Cc1csc(-c2ccccc2Cl)n1)C1CCNCC1.Cl.Cl. The Bertz CT molecular complexity index is 720. The first-order valence-electron chi connectivity index (χ1n) is 8.88. The van der Waals surface area contributed by atoms with Gasteiger partial charge in [-0.05, 0) is 38.4 Å². The molecule has 1 aliphatic rings. The van der Waals surface area contributed by atoms with Crippen molar-refractivity contribution >= 4 is 53.7 Å². The highest BCUT2D eigenvalue weighted by Crippen LogP contribution is 2.30. The molecule has 2 aromatic rings. The van der Waals surface area contributed by atoms with E-state index < -0.39 is 0 Å². The molecular weight excluding hydrogens is 425 g/mol. The fraction of sp³-hybridized carbons (Fsp3) is 0.474. The lowest BCUT2D eigenvalue weighted by atomic mass is 10.0. The Morgan fingerprint density at radius 3 is 2.67 bits per heavy atom. The molecule has 0 bridgehead atoms. The van der Waals surface area contributed by atoms with E-state index in [9.17, 15) is 4.79 Å². The lowest BCUT2D eigenvalue weighted by molar-refractivity contribution is -0.133. The maximum atomic E-state index is 12.9. The van der Waals surface area contributed by atoms with Crippen molar-refractivity contribution in [2.45, 2.75) is 38.6 Å². The summed E-state index contributed by atoms with van der Waals surface area (Å²) in [6.07, 6.45) is 3.42. The average molecular weight is 451 g/mol. The molecule has 1 fully saturated rings. The van der Waals surface area contributed by atoms with Crippen LogP contribution in [0.15, 0.2) is 29.6 Å². The predicted octanol–water partition coefficient (Wildman–Crippen LogP) is 4.84. The second-order valence-electron chi connectivity index (χ2n) is 6.37. The first-order valence-corrected chi connectivity index (χ1v) is 10.1. The van der Waals surface area contributed by atoms with Gasteiger partial charge in [-0.1, -0.05) is 36.7 Å². The number of carbonyl (C=O) groups is 1. The third-order valence-corrected chi connectivity index (χ3v) is 5.78. The third-order valence-electron chi connectivity index (χ3n) is 4.52. The number of amides is 1. The zero-order valence-electron chi connectivity index (χ0n) is 15.3. The van der Waals surface area contributed by atoms with Crippen molar-refractivity contribution in [1.82, 2.24) is 15.2 Å². The van der Waals surface area contributed by atoms with Gasteiger partial charge in [0.05, 0.1) is 17.1 Å². The zero-order valence-corrected chi connectivity index (χ0v) is 18.5. The smallest absolute Gasteiger partial charge is 0.228 e. The van der Waals surface area contributed by atoms with Gasteiger partial charge in [0.1, 0.15) is 5.01 Å². The predicted molar refractivity (Wildman–Crippen MR) is 119 cm³/mol. The Morgan fingerprint density at radius 2 is 2.00 bits per heavy atom. The highest BCUT2D eigenvalue weighted by atomic mass is 35.5. The van der Waals surface area contributed by atoms with Crippen molar-refractivity contribution in [1.29, 1.82) is 0 Å². The number of piperidine rings is 1. The molecule has 8 heteroatoms. The molecule has 0 radical (unpaired) electrons. The number of benzene rings is 1. The van der Waals surface area contributed by atoms with Crippen molar-refractivity contribution < 1.29 is 4.79 Å². The van der Waals surface area contributed by atoms with Gasteiger partial charge in [-0.3, -0.25) is 4.79 Å². The van der Waals surface area contributed by atoms with Crippen molar-refractivity contribution in [3.05, 3.63) is 40.4 Å². The molecule has 1 aliphatic heterocycles. The number of nitrogens with one attached hydrogen (secondary N) is 1. The van der Waals surface area contributed by atoms with E-state index in [2.05, 4.69) is 22.1 Å². The molecule has 0 spiro atoms. The summed E-state index contributed by atoms with van der Waals surface area (Å²) < 4.78 is 0. The number of hydrogen-bond acceptors (Lipinski definition) is 4. The van der Waals surface area contributed by atoms with Gasteiger partial charge in [-0.2, -0.15) is 0 Å². The van der Waals surface area contributed by atoms with Gasteiger partial charge in [0.2, 0.25) is 5.91 Å². The van der Waals surface area contributed by atoms with Crippen LogP contribution in [0.3, 0.4) is 0 Å². The van der Waals surface area contributed by atoms with E-state index >= 15 is 0 Å². The van der Waals surface area contributed by atoms with E-state index in [1.807, 2.05) is 29.6 Å². The highest BCUT2D eigenvalue weighted by molar-refractivity contribution is 7.13. The van der Waals surface area contributed by atoms with Crippen LogP contribution in [0, 0.1) is 0 Å². The molecule has 27 heavy (non-hydrogen) atoms. The molecule has 3 rings (SSSR count). The largest absolute Gasteiger partial charge is 0.339 e. The standard InChI is InChI=1S/C19H24ClN3OS.2ClH/c1-2-11-23(15-7-9-21-10-8-15)18(24)12-14-13-25-19(22-14)16-5-3-4-6-17(16)20;;/h3-6,13,15,21H,2,7-12H2,1H3;2*1H. The van der Waals surface area contributed by atoms with Crippen LogP contribution in [0.4, 0.5) is 0 Å². The summed E-state index contributed by atoms with van der Waals surface area (Å²) >= 11 is 7.80. The van der Waals surface area contributed by atoms with Crippen molar-refractivity contribution in [2.75, 3.05) is 19.6 Å². The molecular formula is C19H26Cl3N3OS. The molecule has 1 N–H and O–H groups in total. The second-order valence-corrected chi connectivity index (χ2v) is 7.63. The molecule has 0 unspecified atom stereocenters. The molecule has 2 heterocycles. The average Bonchev–Trinajstić information content (AvgIpc) is 3.09. The van der Waals surface area contributed by atoms with Gasteiger partial charge in [0.15, 0.2) is 0 Å². The molecule has 0 saturated carbocycles. The Labute approximate surface area is 182 Å². The molecule has 1 amide bonds. The van der Waals surface area contributed by atoms with Gasteiger partial charge in [-0.25, -0.2) is 4.98 Å². The van der Waals surface area contributed by atoms with Crippen molar-refractivity contribution in [3.8, 4) is 10.6 Å². The lowest BCUT2D eigenvalue weighted by Crippen LogP contribution is -2.47. The maximum absolute atomic E-state index is 12.9. The van der Waals surface area contributed by atoms with Crippen LogP contribution in [0.5, 0.6) is 0 Å². The van der Waals surface area contributed by atoms with Gasteiger partial charge in [-0.15, -0.1) is 36.2 Å². The normalized spacial score (nSPS) is 14.1. The third kappa shape index (κ3) is 6.33. The van der Waals surface area contributed by atoms with Crippen molar-refractivity contribution in [3.63, 3.8) is 0 Å². The van der Waals surface area contributed by atoms with Gasteiger partial charge in [0, 0.05) is 23.5 Å². The molecule has 0 atom stereocenters. The highest BCUT2D eigenvalue weighted by Gasteiger charge is 2.25.